The number of rotatable bonds is 6. The summed E-state index contributed by atoms with van der Waals surface area (Å²) in [5.74, 6) is 3.15. The highest BCUT2D eigenvalue weighted by atomic mass is 16.7. The van der Waals surface area contributed by atoms with Gasteiger partial charge in [-0.15, -0.1) is 0 Å². The van der Waals surface area contributed by atoms with Crippen molar-refractivity contribution in [1.82, 2.24) is 9.97 Å². The summed E-state index contributed by atoms with van der Waals surface area (Å²) in [5.41, 5.74) is 1.10. The molecule has 0 aliphatic carbocycles. The molecule has 0 radical (unpaired) electrons. The molecule has 1 aromatic carbocycles. The van der Waals surface area contributed by atoms with E-state index in [0.717, 1.165) is 36.0 Å². The zero-order valence-corrected chi connectivity index (χ0v) is 12.9. The Hall–Kier alpha value is -2.50. The third kappa shape index (κ3) is 3.05. The lowest BCUT2D eigenvalue weighted by Gasteiger charge is -2.19. The molecule has 3 rings (SSSR count). The summed E-state index contributed by atoms with van der Waals surface area (Å²) in [7, 11) is 0. The predicted molar refractivity (Wildman–Crippen MR) is 85.5 cm³/mol. The molecule has 0 unspecified atom stereocenters. The molecule has 116 valence electrons. The van der Waals surface area contributed by atoms with Gasteiger partial charge in [0.1, 0.15) is 5.82 Å². The van der Waals surface area contributed by atoms with E-state index in [1.165, 1.54) is 0 Å². The lowest BCUT2D eigenvalue weighted by atomic mass is 10.2. The summed E-state index contributed by atoms with van der Waals surface area (Å²) in [4.78, 5) is 11.0. The third-order valence-electron chi connectivity index (χ3n) is 3.62. The van der Waals surface area contributed by atoms with Crippen molar-refractivity contribution in [2.45, 2.75) is 20.4 Å². The van der Waals surface area contributed by atoms with E-state index in [4.69, 9.17) is 9.47 Å². The van der Waals surface area contributed by atoms with Crippen LogP contribution in [-0.4, -0.2) is 29.9 Å². The van der Waals surface area contributed by atoms with Crippen LogP contribution in [0.5, 0.6) is 11.5 Å². The van der Waals surface area contributed by atoms with Gasteiger partial charge in [-0.2, -0.15) is 4.98 Å². The second-order valence-corrected chi connectivity index (χ2v) is 4.95. The summed E-state index contributed by atoms with van der Waals surface area (Å²) in [6, 6.07) is 7.84. The van der Waals surface area contributed by atoms with E-state index >= 15 is 0 Å². The molecule has 0 fully saturated rings. The average Bonchev–Trinajstić information content (AvgIpc) is 3.02. The number of benzene rings is 1. The fourth-order valence-corrected chi connectivity index (χ4v) is 2.39. The molecule has 0 amide bonds. The molecule has 2 aromatic rings. The van der Waals surface area contributed by atoms with Crippen LogP contribution >= 0.6 is 0 Å². The van der Waals surface area contributed by atoms with Gasteiger partial charge < -0.3 is 19.7 Å². The molecular formula is C16H20N4O2. The minimum Gasteiger partial charge on any atom is -0.454 e. The van der Waals surface area contributed by atoms with E-state index in [0.29, 0.717) is 19.3 Å². The molecule has 1 aliphatic rings. The SMILES string of the molecule is CCN(CC)c1ccnc(NCc2ccc3c(c2)OCO3)n1. The van der Waals surface area contributed by atoms with E-state index in [1.54, 1.807) is 6.20 Å². The average molecular weight is 300 g/mol. The minimum absolute atomic E-state index is 0.293. The van der Waals surface area contributed by atoms with Crippen LogP contribution in [0.1, 0.15) is 19.4 Å². The highest BCUT2D eigenvalue weighted by Crippen LogP contribution is 2.32. The van der Waals surface area contributed by atoms with Crippen LogP contribution in [0.15, 0.2) is 30.5 Å². The highest BCUT2D eigenvalue weighted by Gasteiger charge is 2.13. The lowest BCUT2D eigenvalue weighted by molar-refractivity contribution is 0.174. The summed E-state index contributed by atoms with van der Waals surface area (Å²) >= 11 is 0. The van der Waals surface area contributed by atoms with Gasteiger partial charge in [0.05, 0.1) is 0 Å². The van der Waals surface area contributed by atoms with Gasteiger partial charge in [-0.05, 0) is 37.6 Å². The van der Waals surface area contributed by atoms with Crippen molar-refractivity contribution in [3.05, 3.63) is 36.0 Å². The number of fused-ring (bicyclic) bond motifs is 1. The fourth-order valence-electron chi connectivity index (χ4n) is 2.39. The predicted octanol–water partition coefficient (Wildman–Crippen LogP) is 2.66. The maximum Gasteiger partial charge on any atom is 0.231 e. The van der Waals surface area contributed by atoms with Crippen LogP contribution in [0.25, 0.3) is 0 Å². The van der Waals surface area contributed by atoms with Crippen molar-refractivity contribution in [2.75, 3.05) is 30.1 Å². The van der Waals surface area contributed by atoms with Gasteiger partial charge in [0, 0.05) is 25.8 Å². The Bertz CT molecular complexity index is 644. The Morgan fingerprint density at radius 3 is 2.77 bits per heavy atom. The van der Waals surface area contributed by atoms with Gasteiger partial charge in [0.25, 0.3) is 0 Å². The normalized spacial score (nSPS) is 12.3. The second kappa shape index (κ2) is 6.51. The quantitative estimate of drug-likeness (QED) is 0.885. The summed E-state index contributed by atoms with van der Waals surface area (Å²) < 4.78 is 10.7. The van der Waals surface area contributed by atoms with E-state index < -0.39 is 0 Å². The molecule has 0 saturated carbocycles. The van der Waals surface area contributed by atoms with Crippen molar-refractivity contribution in [2.24, 2.45) is 0 Å². The number of hydrogen-bond acceptors (Lipinski definition) is 6. The smallest absolute Gasteiger partial charge is 0.231 e. The van der Waals surface area contributed by atoms with Gasteiger partial charge >= 0.3 is 0 Å². The topological polar surface area (TPSA) is 59.5 Å². The van der Waals surface area contributed by atoms with Gasteiger partial charge in [-0.3, -0.25) is 0 Å². The van der Waals surface area contributed by atoms with Crippen molar-refractivity contribution < 1.29 is 9.47 Å². The molecule has 1 N–H and O–H groups in total. The molecule has 0 atom stereocenters. The fraction of sp³-hybridized carbons (Fsp3) is 0.375. The molecule has 0 saturated heterocycles. The molecular weight excluding hydrogens is 280 g/mol. The van der Waals surface area contributed by atoms with E-state index in [-0.39, 0.29) is 0 Å². The molecule has 1 aliphatic heterocycles. The van der Waals surface area contributed by atoms with Crippen molar-refractivity contribution in [3.8, 4) is 11.5 Å². The van der Waals surface area contributed by atoms with Crippen LogP contribution in [0.4, 0.5) is 11.8 Å². The summed E-state index contributed by atoms with van der Waals surface area (Å²) in [5, 5.41) is 3.25. The molecule has 22 heavy (non-hydrogen) atoms. The van der Waals surface area contributed by atoms with Crippen molar-refractivity contribution >= 4 is 11.8 Å². The van der Waals surface area contributed by atoms with Crippen molar-refractivity contribution in [3.63, 3.8) is 0 Å². The van der Waals surface area contributed by atoms with Crippen LogP contribution in [0.3, 0.4) is 0 Å². The van der Waals surface area contributed by atoms with E-state index in [9.17, 15) is 0 Å². The maximum absolute atomic E-state index is 5.38. The summed E-state index contributed by atoms with van der Waals surface area (Å²) in [6.07, 6.45) is 1.78. The first-order chi connectivity index (χ1) is 10.8. The Labute approximate surface area is 130 Å². The second-order valence-electron chi connectivity index (χ2n) is 4.95. The van der Waals surface area contributed by atoms with Crippen LogP contribution < -0.4 is 19.7 Å². The van der Waals surface area contributed by atoms with E-state index in [2.05, 4.69) is 34.0 Å². The van der Waals surface area contributed by atoms with Gasteiger partial charge in [-0.25, -0.2) is 4.98 Å². The van der Waals surface area contributed by atoms with Crippen molar-refractivity contribution in [1.29, 1.82) is 0 Å². The third-order valence-corrected chi connectivity index (χ3v) is 3.62. The highest BCUT2D eigenvalue weighted by molar-refractivity contribution is 5.46. The number of aromatic nitrogens is 2. The first-order valence-electron chi connectivity index (χ1n) is 7.50. The lowest BCUT2D eigenvalue weighted by Crippen LogP contribution is -2.23. The number of ether oxygens (including phenoxy) is 2. The standard InChI is InChI=1S/C16H20N4O2/c1-3-20(4-2)15-7-8-17-16(19-15)18-10-12-5-6-13-14(9-12)22-11-21-13/h5-9H,3-4,10-11H2,1-2H3,(H,17,18,19). The largest absolute Gasteiger partial charge is 0.454 e. The zero-order chi connectivity index (χ0) is 15.4. The summed E-state index contributed by atoms with van der Waals surface area (Å²) in [6.45, 7) is 7.01. The molecule has 0 bridgehead atoms. The Morgan fingerprint density at radius 1 is 1.14 bits per heavy atom. The molecule has 6 heteroatoms. The first-order valence-corrected chi connectivity index (χ1v) is 7.50. The van der Waals surface area contributed by atoms with Gasteiger partial charge in [0.2, 0.25) is 12.7 Å². The van der Waals surface area contributed by atoms with Crippen LogP contribution in [-0.2, 0) is 6.54 Å². The van der Waals surface area contributed by atoms with E-state index in [1.807, 2.05) is 24.3 Å². The number of nitrogens with zero attached hydrogens (tertiary/aromatic N) is 3. The van der Waals surface area contributed by atoms with Gasteiger partial charge in [0.15, 0.2) is 11.5 Å². The number of hydrogen-bond donors (Lipinski definition) is 1. The van der Waals surface area contributed by atoms with Crippen LogP contribution in [0.2, 0.25) is 0 Å². The van der Waals surface area contributed by atoms with Crippen LogP contribution in [0, 0.1) is 0 Å². The Balaban J connectivity index is 1.67. The Kier molecular flexibility index (Phi) is 4.27. The molecule has 1 aromatic heterocycles. The zero-order valence-electron chi connectivity index (χ0n) is 12.9. The maximum atomic E-state index is 5.38. The molecule has 2 heterocycles. The minimum atomic E-state index is 0.293. The monoisotopic (exact) mass is 300 g/mol. The number of anilines is 2. The molecule has 6 nitrogen and oxygen atoms in total. The molecule has 0 spiro atoms. The van der Waals surface area contributed by atoms with Gasteiger partial charge in [-0.1, -0.05) is 6.07 Å². The first kappa shape index (κ1) is 14.4. The number of nitrogens with one attached hydrogen (secondary N) is 1. The Morgan fingerprint density at radius 2 is 1.95 bits per heavy atom.